The number of benzene rings is 1. The van der Waals surface area contributed by atoms with Crippen molar-refractivity contribution in [2.24, 2.45) is 11.7 Å². The predicted molar refractivity (Wildman–Crippen MR) is 78.4 cm³/mol. The number of hydrogen-bond acceptors (Lipinski definition) is 3. The van der Waals surface area contributed by atoms with E-state index < -0.39 is 0 Å². The molecule has 19 heavy (non-hydrogen) atoms. The smallest absolute Gasteiger partial charge is 0.257 e. The Bertz CT molecular complexity index is 477. The molecule has 4 nitrogen and oxygen atoms in total. The zero-order chi connectivity index (χ0) is 14.0. The number of nitrogens with zero attached hydrogens (tertiary/aromatic N) is 1. The van der Waals surface area contributed by atoms with Gasteiger partial charge in [-0.2, -0.15) is 0 Å². The summed E-state index contributed by atoms with van der Waals surface area (Å²) in [6, 6.07) is 5.59. The standard InChI is InChI=1S/C14H19BrN2O2/c1-9(16)10-5-6-17(8-10)14(18)12-4-3-11(15)7-13(12)19-2/h3-4,7,9-10H,5-6,8,16H2,1-2H3. The van der Waals surface area contributed by atoms with Crippen LogP contribution < -0.4 is 10.5 Å². The van der Waals surface area contributed by atoms with E-state index in [0.29, 0.717) is 17.2 Å². The molecule has 0 aromatic heterocycles. The van der Waals surface area contributed by atoms with Gasteiger partial charge in [-0.15, -0.1) is 0 Å². The molecule has 1 aromatic carbocycles. The van der Waals surface area contributed by atoms with E-state index in [9.17, 15) is 4.79 Å². The maximum Gasteiger partial charge on any atom is 0.257 e. The summed E-state index contributed by atoms with van der Waals surface area (Å²) in [6.45, 7) is 3.50. The van der Waals surface area contributed by atoms with Crippen molar-refractivity contribution < 1.29 is 9.53 Å². The van der Waals surface area contributed by atoms with Crippen LogP contribution in [0.3, 0.4) is 0 Å². The Kier molecular flexibility index (Phi) is 4.47. The SMILES string of the molecule is COc1cc(Br)ccc1C(=O)N1CCC(C(C)N)C1. The number of likely N-dealkylation sites (tertiary alicyclic amines) is 1. The van der Waals surface area contributed by atoms with Gasteiger partial charge in [-0.05, 0) is 37.5 Å². The van der Waals surface area contributed by atoms with Crippen LogP contribution in [0.25, 0.3) is 0 Å². The van der Waals surface area contributed by atoms with Crippen molar-refractivity contribution in [2.75, 3.05) is 20.2 Å². The molecule has 1 aromatic rings. The maximum absolute atomic E-state index is 12.5. The number of carbonyl (C=O) groups is 1. The Labute approximate surface area is 122 Å². The first-order valence-corrected chi connectivity index (χ1v) is 7.20. The quantitative estimate of drug-likeness (QED) is 0.927. The fourth-order valence-electron chi connectivity index (χ4n) is 2.41. The van der Waals surface area contributed by atoms with E-state index in [1.807, 2.05) is 24.0 Å². The number of amides is 1. The molecule has 1 aliphatic rings. The highest BCUT2D eigenvalue weighted by molar-refractivity contribution is 9.10. The largest absolute Gasteiger partial charge is 0.496 e. The molecule has 2 rings (SSSR count). The van der Waals surface area contributed by atoms with Crippen LogP contribution in [0.1, 0.15) is 23.7 Å². The Balaban J connectivity index is 2.17. The third-order valence-electron chi connectivity index (χ3n) is 3.65. The molecule has 2 atom stereocenters. The monoisotopic (exact) mass is 326 g/mol. The van der Waals surface area contributed by atoms with Crippen LogP contribution in [0.2, 0.25) is 0 Å². The van der Waals surface area contributed by atoms with E-state index in [-0.39, 0.29) is 11.9 Å². The maximum atomic E-state index is 12.5. The minimum absolute atomic E-state index is 0.0208. The van der Waals surface area contributed by atoms with E-state index in [2.05, 4.69) is 15.9 Å². The number of rotatable bonds is 3. The van der Waals surface area contributed by atoms with Gasteiger partial charge in [0.2, 0.25) is 0 Å². The summed E-state index contributed by atoms with van der Waals surface area (Å²) < 4.78 is 6.18. The van der Waals surface area contributed by atoms with Gasteiger partial charge in [0, 0.05) is 23.6 Å². The summed E-state index contributed by atoms with van der Waals surface area (Å²) in [5.41, 5.74) is 6.51. The molecule has 1 amide bonds. The Morgan fingerprint density at radius 1 is 1.58 bits per heavy atom. The molecular weight excluding hydrogens is 308 g/mol. The van der Waals surface area contributed by atoms with E-state index >= 15 is 0 Å². The van der Waals surface area contributed by atoms with Gasteiger partial charge in [-0.25, -0.2) is 0 Å². The minimum Gasteiger partial charge on any atom is -0.496 e. The number of methoxy groups -OCH3 is 1. The van der Waals surface area contributed by atoms with Gasteiger partial charge in [-0.3, -0.25) is 4.79 Å². The van der Waals surface area contributed by atoms with Crippen LogP contribution in [0, 0.1) is 5.92 Å². The molecule has 1 aliphatic heterocycles. The van der Waals surface area contributed by atoms with Crippen molar-refractivity contribution in [1.82, 2.24) is 4.90 Å². The first-order chi connectivity index (χ1) is 9.02. The number of hydrogen-bond donors (Lipinski definition) is 1. The summed E-state index contributed by atoms with van der Waals surface area (Å²) in [4.78, 5) is 14.4. The lowest BCUT2D eigenvalue weighted by molar-refractivity contribution is 0.0782. The molecule has 0 saturated carbocycles. The van der Waals surface area contributed by atoms with Crippen molar-refractivity contribution >= 4 is 21.8 Å². The van der Waals surface area contributed by atoms with Crippen molar-refractivity contribution in [3.8, 4) is 5.75 Å². The molecular formula is C14H19BrN2O2. The lowest BCUT2D eigenvalue weighted by Gasteiger charge is -2.19. The van der Waals surface area contributed by atoms with Gasteiger partial charge in [0.1, 0.15) is 5.75 Å². The second kappa shape index (κ2) is 5.92. The van der Waals surface area contributed by atoms with E-state index in [4.69, 9.17) is 10.5 Å². The molecule has 104 valence electrons. The van der Waals surface area contributed by atoms with Crippen LogP contribution in [0.15, 0.2) is 22.7 Å². The van der Waals surface area contributed by atoms with Crippen LogP contribution in [-0.2, 0) is 0 Å². The highest BCUT2D eigenvalue weighted by atomic mass is 79.9. The van der Waals surface area contributed by atoms with E-state index in [0.717, 1.165) is 24.0 Å². The van der Waals surface area contributed by atoms with Gasteiger partial charge in [0.25, 0.3) is 5.91 Å². The molecule has 0 radical (unpaired) electrons. The first kappa shape index (κ1) is 14.3. The number of ether oxygens (including phenoxy) is 1. The van der Waals surface area contributed by atoms with Gasteiger partial charge >= 0.3 is 0 Å². The van der Waals surface area contributed by atoms with Crippen LogP contribution in [-0.4, -0.2) is 37.0 Å². The summed E-state index contributed by atoms with van der Waals surface area (Å²) in [5.74, 6) is 1.02. The van der Waals surface area contributed by atoms with Gasteiger partial charge < -0.3 is 15.4 Å². The topological polar surface area (TPSA) is 55.6 Å². The average molecular weight is 327 g/mol. The number of halogens is 1. The molecule has 0 bridgehead atoms. The lowest BCUT2D eigenvalue weighted by Crippen LogP contribution is -2.33. The van der Waals surface area contributed by atoms with Crippen molar-refractivity contribution in [1.29, 1.82) is 0 Å². The van der Waals surface area contributed by atoms with Gasteiger partial charge in [-0.1, -0.05) is 15.9 Å². The van der Waals surface area contributed by atoms with Crippen LogP contribution in [0.4, 0.5) is 0 Å². The van der Waals surface area contributed by atoms with Gasteiger partial charge in [0.15, 0.2) is 0 Å². The van der Waals surface area contributed by atoms with Crippen molar-refractivity contribution in [3.05, 3.63) is 28.2 Å². The molecule has 1 fully saturated rings. The summed E-state index contributed by atoms with van der Waals surface area (Å²) >= 11 is 3.38. The highest BCUT2D eigenvalue weighted by Gasteiger charge is 2.30. The summed E-state index contributed by atoms with van der Waals surface area (Å²) in [6.07, 6.45) is 0.974. The summed E-state index contributed by atoms with van der Waals surface area (Å²) in [7, 11) is 1.58. The normalized spacial score (nSPS) is 20.4. The van der Waals surface area contributed by atoms with Crippen LogP contribution >= 0.6 is 15.9 Å². The second-order valence-corrected chi connectivity index (χ2v) is 5.92. The Morgan fingerprint density at radius 3 is 2.89 bits per heavy atom. The average Bonchev–Trinajstić information content (AvgIpc) is 2.87. The zero-order valence-electron chi connectivity index (χ0n) is 11.2. The second-order valence-electron chi connectivity index (χ2n) is 5.00. The van der Waals surface area contributed by atoms with E-state index in [1.54, 1.807) is 13.2 Å². The third-order valence-corrected chi connectivity index (χ3v) is 4.14. The lowest BCUT2D eigenvalue weighted by atomic mass is 10.0. The fourth-order valence-corrected chi connectivity index (χ4v) is 2.75. The van der Waals surface area contributed by atoms with Crippen molar-refractivity contribution in [3.63, 3.8) is 0 Å². The Morgan fingerprint density at radius 2 is 2.32 bits per heavy atom. The molecule has 1 saturated heterocycles. The number of nitrogens with two attached hydrogens (primary N) is 1. The zero-order valence-corrected chi connectivity index (χ0v) is 12.8. The molecule has 5 heteroatoms. The minimum atomic E-state index is 0.0208. The predicted octanol–water partition coefficient (Wildman–Crippen LogP) is 2.27. The van der Waals surface area contributed by atoms with Crippen LogP contribution in [0.5, 0.6) is 5.75 Å². The first-order valence-electron chi connectivity index (χ1n) is 6.41. The van der Waals surface area contributed by atoms with E-state index in [1.165, 1.54) is 0 Å². The molecule has 0 spiro atoms. The molecule has 2 N–H and O–H groups in total. The van der Waals surface area contributed by atoms with Gasteiger partial charge in [0.05, 0.1) is 12.7 Å². The molecule has 1 heterocycles. The fraction of sp³-hybridized carbons (Fsp3) is 0.500. The summed E-state index contributed by atoms with van der Waals surface area (Å²) in [5, 5.41) is 0. The molecule has 0 aliphatic carbocycles. The third kappa shape index (κ3) is 3.09. The van der Waals surface area contributed by atoms with Crippen molar-refractivity contribution in [2.45, 2.75) is 19.4 Å². The highest BCUT2D eigenvalue weighted by Crippen LogP contribution is 2.27. The number of carbonyl (C=O) groups excluding carboxylic acids is 1. The Hall–Kier alpha value is -1.07. The molecule has 2 unspecified atom stereocenters.